The molecule has 0 amide bonds. The maximum absolute atomic E-state index is 6.10. The van der Waals surface area contributed by atoms with Crippen molar-refractivity contribution in [1.29, 1.82) is 0 Å². The van der Waals surface area contributed by atoms with Gasteiger partial charge in [0.05, 0.1) is 12.5 Å². The molecule has 0 aliphatic heterocycles. The van der Waals surface area contributed by atoms with E-state index in [-0.39, 0.29) is 6.04 Å². The van der Waals surface area contributed by atoms with Gasteiger partial charge in [0.1, 0.15) is 0 Å². The van der Waals surface area contributed by atoms with E-state index in [9.17, 15) is 0 Å². The molecule has 0 bridgehead atoms. The summed E-state index contributed by atoms with van der Waals surface area (Å²) in [5.41, 5.74) is 8.07. The Kier molecular flexibility index (Phi) is 4.11. The molecule has 1 aromatic carbocycles. The van der Waals surface area contributed by atoms with Crippen molar-refractivity contribution in [2.24, 2.45) is 5.73 Å². The Labute approximate surface area is 110 Å². The predicted molar refractivity (Wildman–Crippen MR) is 70.6 cm³/mol. The van der Waals surface area contributed by atoms with Gasteiger partial charge >= 0.3 is 0 Å². The lowest BCUT2D eigenvalue weighted by Gasteiger charge is -2.13. The van der Waals surface area contributed by atoms with Crippen molar-refractivity contribution in [1.82, 2.24) is 0 Å². The molecular weight excluding hydrogens is 257 g/mol. The highest BCUT2D eigenvalue weighted by molar-refractivity contribution is 6.35. The first kappa shape index (κ1) is 12.5. The molecule has 17 heavy (non-hydrogen) atoms. The average molecular weight is 270 g/mol. The summed E-state index contributed by atoms with van der Waals surface area (Å²) < 4.78 is 5.01. The summed E-state index contributed by atoms with van der Waals surface area (Å²) in [4.78, 5) is 0. The SMILES string of the molecule is NC(Cc1ccoc1)Cc1c(Cl)cccc1Cl. The van der Waals surface area contributed by atoms with Crippen LogP contribution in [0.25, 0.3) is 0 Å². The van der Waals surface area contributed by atoms with Crippen molar-refractivity contribution < 1.29 is 4.42 Å². The normalized spacial score (nSPS) is 12.6. The zero-order valence-corrected chi connectivity index (χ0v) is 10.7. The first-order chi connectivity index (χ1) is 8.16. The standard InChI is InChI=1S/C13H13Cl2NO/c14-12-2-1-3-13(15)11(12)7-10(16)6-9-4-5-17-8-9/h1-5,8,10H,6-7,16H2. The molecule has 0 saturated carbocycles. The summed E-state index contributed by atoms with van der Waals surface area (Å²) in [6.45, 7) is 0. The fraction of sp³-hybridized carbons (Fsp3) is 0.231. The van der Waals surface area contributed by atoms with E-state index < -0.39 is 0 Å². The molecular formula is C13H13Cl2NO. The van der Waals surface area contributed by atoms with Crippen LogP contribution in [0.2, 0.25) is 10.0 Å². The number of rotatable bonds is 4. The molecule has 1 heterocycles. The molecule has 2 N–H and O–H groups in total. The second-order valence-corrected chi connectivity index (χ2v) is 4.81. The summed E-state index contributed by atoms with van der Waals surface area (Å²) in [6, 6.07) is 7.37. The minimum Gasteiger partial charge on any atom is -0.472 e. The number of halogens is 2. The average Bonchev–Trinajstić information content (AvgIpc) is 2.76. The van der Waals surface area contributed by atoms with Crippen molar-refractivity contribution in [3.8, 4) is 0 Å². The molecule has 1 aromatic heterocycles. The third-order valence-corrected chi connectivity index (χ3v) is 3.31. The zero-order chi connectivity index (χ0) is 12.3. The van der Waals surface area contributed by atoms with E-state index in [1.807, 2.05) is 24.3 Å². The van der Waals surface area contributed by atoms with Gasteiger partial charge in [-0.25, -0.2) is 0 Å². The third-order valence-electron chi connectivity index (χ3n) is 2.61. The van der Waals surface area contributed by atoms with Crippen LogP contribution in [0, 0.1) is 0 Å². The van der Waals surface area contributed by atoms with Gasteiger partial charge in [0.15, 0.2) is 0 Å². The van der Waals surface area contributed by atoms with E-state index in [0.717, 1.165) is 17.5 Å². The molecule has 1 atom stereocenters. The van der Waals surface area contributed by atoms with Crippen LogP contribution in [0.15, 0.2) is 41.2 Å². The maximum Gasteiger partial charge on any atom is 0.0935 e. The van der Waals surface area contributed by atoms with Gasteiger partial charge in [-0.3, -0.25) is 0 Å². The number of benzene rings is 1. The monoisotopic (exact) mass is 269 g/mol. The topological polar surface area (TPSA) is 39.2 Å². The lowest BCUT2D eigenvalue weighted by Crippen LogP contribution is -2.25. The van der Waals surface area contributed by atoms with Gasteiger partial charge in [-0.15, -0.1) is 0 Å². The van der Waals surface area contributed by atoms with E-state index >= 15 is 0 Å². The van der Waals surface area contributed by atoms with Gasteiger partial charge < -0.3 is 10.2 Å². The van der Waals surface area contributed by atoms with Crippen LogP contribution in [0.5, 0.6) is 0 Å². The van der Waals surface area contributed by atoms with E-state index in [4.69, 9.17) is 33.4 Å². The van der Waals surface area contributed by atoms with Crippen LogP contribution in [-0.4, -0.2) is 6.04 Å². The van der Waals surface area contributed by atoms with Crippen molar-refractivity contribution in [2.75, 3.05) is 0 Å². The van der Waals surface area contributed by atoms with E-state index in [2.05, 4.69) is 0 Å². The highest BCUT2D eigenvalue weighted by Gasteiger charge is 2.11. The van der Waals surface area contributed by atoms with Gasteiger partial charge in [0.25, 0.3) is 0 Å². The number of hydrogen-bond acceptors (Lipinski definition) is 2. The fourth-order valence-corrected chi connectivity index (χ4v) is 2.32. The van der Waals surface area contributed by atoms with Crippen molar-refractivity contribution >= 4 is 23.2 Å². The first-order valence-electron chi connectivity index (χ1n) is 5.36. The van der Waals surface area contributed by atoms with E-state index in [1.165, 1.54) is 0 Å². The Morgan fingerprint density at radius 1 is 1.12 bits per heavy atom. The molecule has 2 rings (SSSR count). The molecule has 0 aliphatic carbocycles. The molecule has 90 valence electrons. The first-order valence-corrected chi connectivity index (χ1v) is 6.12. The summed E-state index contributed by atoms with van der Waals surface area (Å²) in [6.07, 6.45) is 4.75. The van der Waals surface area contributed by atoms with Crippen LogP contribution in [0.4, 0.5) is 0 Å². The predicted octanol–water partition coefficient (Wildman–Crippen LogP) is 3.70. The van der Waals surface area contributed by atoms with Gasteiger partial charge in [-0.2, -0.15) is 0 Å². The molecule has 1 unspecified atom stereocenters. The zero-order valence-electron chi connectivity index (χ0n) is 9.20. The maximum atomic E-state index is 6.10. The van der Waals surface area contributed by atoms with Crippen LogP contribution in [0.1, 0.15) is 11.1 Å². The Hall–Kier alpha value is -0.960. The lowest BCUT2D eigenvalue weighted by atomic mass is 10.0. The molecule has 0 spiro atoms. The second kappa shape index (κ2) is 5.58. The van der Waals surface area contributed by atoms with Gasteiger partial charge in [0.2, 0.25) is 0 Å². The number of nitrogens with two attached hydrogens (primary N) is 1. The molecule has 0 saturated heterocycles. The molecule has 0 radical (unpaired) electrons. The van der Waals surface area contributed by atoms with Crippen molar-refractivity contribution in [3.05, 3.63) is 58.0 Å². The summed E-state index contributed by atoms with van der Waals surface area (Å²) in [7, 11) is 0. The Balaban J connectivity index is 2.05. The van der Waals surface area contributed by atoms with Gasteiger partial charge in [-0.05, 0) is 42.2 Å². The molecule has 0 aliphatic rings. The van der Waals surface area contributed by atoms with Crippen LogP contribution in [0.3, 0.4) is 0 Å². The van der Waals surface area contributed by atoms with Crippen molar-refractivity contribution in [3.63, 3.8) is 0 Å². The second-order valence-electron chi connectivity index (χ2n) is 4.00. The summed E-state index contributed by atoms with van der Waals surface area (Å²) in [5, 5.41) is 1.33. The van der Waals surface area contributed by atoms with Crippen molar-refractivity contribution in [2.45, 2.75) is 18.9 Å². The lowest BCUT2D eigenvalue weighted by molar-refractivity contribution is 0.559. The number of hydrogen-bond donors (Lipinski definition) is 1. The summed E-state index contributed by atoms with van der Waals surface area (Å²) in [5.74, 6) is 0. The van der Waals surface area contributed by atoms with Crippen LogP contribution < -0.4 is 5.73 Å². The molecule has 4 heteroatoms. The Bertz CT molecular complexity index is 462. The summed E-state index contributed by atoms with van der Waals surface area (Å²) >= 11 is 12.2. The van der Waals surface area contributed by atoms with Crippen LogP contribution >= 0.6 is 23.2 Å². The van der Waals surface area contributed by atoms with E-state index in [0.29, 0.717) is 16.5 Å². The van der Waals surface area contributed by atoms with E-state index in [1.54, 1.807) is 12.5 Å². The Morgan fingerprint density at radius 3 is 2.41 bits per heavy atom. The largest absolute Gasteiger partial charge is 0.472 e. The number of furan rings is 1. The minimum atomic E-state index is -0.0231. The highest BCUT2D eigenvalue weighted by Crippen LogP contribution is 2.25. The quantitative estimate of drug-likeness (QED) is 0.920. The molecule has 0 fully saturated rings. The highest BCUT2D eigenvalue weighted by atomic mass is 35.5. The Morgan fingerprint density at radius 2 is 1.82 bits per heavy atom. The van der Waals surface area contributed by atoms with Gasteiger partial charge in [-0.1, -0.05) is 29.3 Å². The third kappa shape index (κ3) is 3.25. The molecule has 2 aromatic rings. The van der Waals surface area contributed by atoms with Crippen LogP contribution in [-0.2, 0) is 12.8 Å². The fourth-order valence-electron chi connectivity index (χ4n) is 1.77. The molecule has 2 nitrogen and oxygen atoms in total. The minimum absolute atomic E-state index is 0.0231. The van der Waals surface area contributed by atoms with Gasteiger partial charge in [0, 0.05) is 16.1 Å². The smallest absolute Gasteiger partial charge is 0.0935 e.